The third kappa shape index (κ3) is 4.84. The van der Waals surface area contributed by atoms with Crippen molar-refractivity contribution in [3.8, 4) is 0 Å². The number of rotatable bonds is 7. The van der Waals surface area contributed by atoms with Crippen LogP contribution in [0.4, 0.5) is 0 Å². The Balaban J connectivity index is 1.63. The van der Waals surface area contributed by atoms with Crippen molar-refractivity contribution < 1.29 is 14.3 Å². The first-order valence-electron chi connectivity index (χ1n) is 8.72. The highest BCUT2D eigenvalue weighted by Gasteiger charge is 2.19. The van der Waals surface area contributed by atoms with Crippen LogP contribution >= 0.6 is 22.7 Å². The maximum Gasteiger partial charge on any atom is 0.348 e. The van der Waals surface area contributed by atoms with Crippen molar-refractivity contribution in [2.45, 2.75) is 26.3 Å². The van der Waals surface area contributed by atoms with E-state index in [1.165, 1.54) is 11.3 Å². The molecule has 1 atom stereocenters. The number of aryl methyl sites for hydroxylation is 2. The van der Waals surface area contributed by atoms with E-state index in [0.29, 0.717) is 4.88 Å². The van der Waals surface area contributed by atoms with Crippen molar-refractivity contribution in [2.24, 2.45) is 0 Å². The Morgan fingerprint density at radius 1 is 1.15 bits per heavy atom. The number of benzene rings is 1. The Morgan fingerprint density at radius 3 is 2.56 bits per heavy atom. The summed E-state index contributed by atoms with van der Waals surface area (Å²) >= 11 is 3.00. The van der Waals surface area contributed by atoms with Gasteiger partial charge in [-0.25, -0.2) is 4.79 Å². The predicted molar refractivity (Wildman–Crippen MR) is 109 cm³/mol. The summed E-state index contributed by atoms with van der Waals surface area (Å²) in [5.41, 5.74) is 2.07. The Morgan fingerprint density at radius 2 is 1.93 bits per heavy atom. The lowest BCUT2D eigenvalue weighted by atomic mass is 10.1. The van der Waals surface area contributed by atoms with Crippen molar-refractivity contribution in [3.63, 3.8) is 0 Å². The van der Waals surface area contributed by atoms with Crippen LogP contribution in [0.2, 0.25) is 0 Å². The van der Waals surface area contributed by atoms with Crippen LogP contribution < -0.4 is 5.32 Å². The molecule has 3 rings (SSSR count). The smallest absolute Gasteiger partial charge is 0.348 e. The normalized spacial score (nSPS) is 11.8. The number of thiophene rings is 2. The van der Waals surface area contributed by atoms with Crippen molar-refractivity contribution >= 4 is 34.6 Å². The highest BCUT2D eigenvalue weighted by atomic mass is 32.1. The summed E-state index contributed by atoms with van der Waals surface area (Å²) in [6.07, 6.45) is 0.879. The SMILES string of the molecule is CCc1sc(C(=O)OCC(=O)N[C@H](c2ccccc2)c2cccs2)cc1C. The van der Waals surface area contributed by atoms with Crippen molar-refractivity contribution in [2.75, 3.05) is 6.61 Å². The van der Waals surface area contributed by atoms with Gasteiger partial charge >= 0.3 is 5.97 Å². The Labute approximate surface area is 166 Å². The third-order valence-corrected chi connectivity index (χ3v) is 6.44. The molecule has 140 valence electrons. The van der Waals surface area contributed by atoms with Gasteiger partial charge in [-0.3, -0.25) is 4.79 Å². The van der Waals surface area contributed by atoms with E-state index in [4.69, 9.17) is 4.74 Å². The van der Waals surface area contributed by atoms with Crippen LogP contribution in [0.1, 0.15) is 43.5 Å². The average molecular weight is 400 g/mol. The lowest BCUT2D eigenvalue weighted by Crippen LogP contribution is -2.32. The van der Waals surface area contributed by atoms with Gasteiger partial charge in [0.05, 0.1) is 6.04 Å². The van der Waals surface area contributed by atoms with E-state index in [-0.39, 0.29) is 18.6 Å². The topological polar surface area (TPSA) is 55.4 Å². The minimum absolute atomic E-state index is 0.256. The number of ether oxygens (including phenoxy) is 1. The molecule has 3 aromatic rings. The van der Waals surface area contributed by atoms with Gasteiger partial charge in [0.2, 0.25) is 0 Å². The summed E-state index contributed by atoms with van der Waals surface area (Å²) in [5, 5.41) is 4.94. The first kappa shape index (κ1) is 19.3. The number of carbonyl (C=O) groups is 2. The molecule has 0 aliphatic carbocycles. The van der Waals surface area contributed by atoms with E-state index in [9.17, 15) is 9.59 Å². The van der Waals surface area contributed by atoms with Gasteiger partial charge in [-0.05, 0) is 42.0 Å². The van der Waals surface area contributed by atoms with Gasteiger partial charge in [-0.15, -0.1) is 22.7 Å². The number of nitrogens with one attached hydrogen (secondary N) is 1. The van der Waals surface area contributed by atoms with Crippen LogP contribution in [0.5, 0.6) is 0 Å². The number of esters is 1. The number of carbonyl (C=O) groups excluding carboxylic acids is 2. The fraction of sp³-hybridized carbons (Fsp3) is 0.238. The zero-order chi connectivity index (χ0) is 19.2. The van der Waals surface area contributed by atoms with Crippen LogP contribution in [-0.2, 0) is 16.0 Å². The Kier molecular flexibility index (Phi) is 6.42. The number of amides is 1. The molecule has 0 radical (unpaired) electrons. The molecule has 0 bridgehead atoms. The van der Waals surface area contributed by atoms with E-state index in [1.807, 2.05) is 60.8 Å². The maximum atomic E-state index is 12.4. The van der Waals surface area contributed by atoms with E-state index >= 15 is 0 Å². The highest BCUT2D eigenvalue weighted by molar-refractivity contribution is 7.14. The zero-order valence-corrected chi connectivity index (χ0v) is 16.9. The summed E-state index contributed by atoms with van der Waals surface area (Å²) in [7, 11) is 0. The van der Waals surface area contributed by atoms with Crippen LogP contribution in [0.3, 0.4) is 0 Å². The molecule has 2 heterocycles. The lowest BCUT2D eigenvalue weighted by Gasteiger charge is -2.18. The molecule has 0 saturated carbocycles. The minimum Gasteiger partial charge on any atom is -0.451 e. The van der Waals surface area contributed by atoms with Crippen molar-refractivity contribution in [1.29, 1.82) is 0 Å². The molecule has 27 heavy (non-hydrogen) atoms. The second-order valence-corrected chi connectivity index (χ2v) is 8.19. The molecule has 0 aliphatic rings. The fourth-order valence-electron chi connectivity index (χ4n) is 2.80. The maximum absolute atomic E-state index is 12.4. The van der Waals surface area contributed by atoms with Crippen LogP contribution in [0.25, 0.3) is 0 Å². The fourth-order valence-corrected chi connectivity index (χ4v) is 4.61. The standard InChI is InChI=1S/C21H21NO3S2/c1-3-16-14(2)12-18(27-16)21(24)25-13-19(23)22-20(17-10-7-11-26-17)15-8-5-4-6-9-15/h4-12,20H,3,13H2,1-2H3,(H,22,23)/t20-/m1/s1. The molecule has 4 nitrogen and oxygen atoms in total. The van der Waals surface area contributed by atoms with E-state index in [0.717, 1.165) is 27.3 Å². The van der Waals surface area contributed by atoms with E-state index in [1.54, 1.807) is 11.3 Å². The van der Waals surface area contributed by atoms with Crippen LogP contribution in [0.15, 0.2) is 53.9 Å². The molecular weight excluding hydrogens is 378 g/mol. The van der Waals surface area contributed by atoms with Crippen LogP contribution in [0, 0.1) is 6.92 Å². The molecule has 1 aromatic carbocycles. The van der Waals surface area contributed by atoms with Gasteiger partial charge < -0.3 is 10.1 Å². The van der Waals surface area contributed by atoms with Gasteiger partial charge in [0.15, 0.2) is 6.61 Å². The second-order valence-electron chi connectivity index (χ2n) is 6.07. The summed E-state index contributed by atoms with van der Waals surface area (Å²) in [5.74, 6) is -0.778. The van der Waals surface area contributed by atoms with E-state index in [2.05, 4.69) is 12.2 Å². The largest absolute Gasteiger partial charge is 0.451 e. The summed E-state index contributed by atoms with van der Waals surface area (Å²) < 4.78 is 5.22. The Hall–Kier alpha value is -2.44. The molecule has 2 aromatic heterocycles. The van der Waals surface area contributed by atoms with Crippen LogP contribution in [-0.4, -0.2) is 18.5 Å². The lowest BCUT2D eigenvalue weighted by molar-refractivity contribution is -0.124. The monoisotopic (exact) mass is 399 g/mol. The first-order chi connectivity index (χ1) is 13.1. The van der Waals surface area contributed by atoms with E-state index < -0.39 is 5.97 Å². The molecule has 6 heteroatoms. The molecule has 0 saturated heterocycles. The summed E-state index contributed by atoms with van der Waals surface area (Å²) in [4.78, 5) is 27.4. The van der Waals surface area contributed by atoms with Gasteiger partial charge in [0.25, 0.3) is 5.91 Å². The quantitative estimate of drug-likeness (QED) is 0.584. The van der Waals surface area contributed by atoms with Crippen molar-refractivity contribution in [1.82, 2.24) is 5.32 Å². The number of hydrogen-bond donors (Lipinski definition) is 1. The van der Waals surface area contributed by atoms with Gasteiger partial charge in [-0.1, -0.05) is 43.3 Å². The molecule has 0 aliphatic heterocycles. The van der Waals surface area contributed by atoms with Gasteiger partial charge in [0.1, 0.15) is 4.88 Å². The predicted octanol–water partition coefficient (Wildman–Crippen LogP) is 4.74. The Bertz CT molecular complexity index is 901. The second kappa shape index (κ2) is 8.97. The molecule has 1 amide bonds. The average Bonchev–Trinajstić information content (AvgIpc) is 3.34. The minimum atomic E-state index is -0.453. The molecule has 0 unspecified atom stereocenters. The molecular formula is C21H21NO3S2. The highest BCUT2D eigenvalue weighted by Crippen LogP contribution is 2.26. The molecule has 0 fully saturated rings. The van der Waals surface area contributed by atoms with Gasteiger partial charge in [-0.2, -0.15) is 0 Å². The third-order valence-electron chi connectivity index (χ3n) is 4.14. The molecule has 1 N–H and O–H groups in total. The zero-order valence-electron chi connectivity index (χ0n) is 15.2. The summed E-state index contributed by atoms with van der Waals surface area (Å²) in [6.45, 7) is 3.73. The van der Waals surface area contributed by atoms with Gasteiger partial charge in [0, 0.05) is 9.75 Å². The summed E-state index contributed by atoms with van der Waals surface area (Å²) in [6, 6.07) is 15.2. The molecule has 0 spiro atoms. The number of hydrogen-bond acceptors (Lipinski definition) is 5. The first-order valence-corrected chi connectivity index (χ1v) is 10.4. The van der Waals surface area contributed by atoms with Crippen molar-refractivity contribution in [3.05, 3.63) is 79.7 Å².